The lowest BCUT2D eigenvalue weighted by atomic mass is 9.64. The molecule has 8 heteroatoms. The number of hydrogen-bond acceptors (Lipinski definition) is 6. The summed E-state index contributed by atoms with van der Waals surface area (Å²) in [6.07, 6.45) is 5.35. The van der Waals surface area contributed by atoms with E-state index < -0.39 is 29.2 Å². The molecule has 0 unspecified atom stereocenters. The van der Waals surface area contributed by atoms with Gasteiger partial charge in [0.05, 0.1) is 29.8 Å². The topological polar surface area (TPSA) is 88.9 Å². The Bertz CT molecular complexity index is 1730. The first-order chi connectivity index (χ1) is 19.5. The summed E-state index contributed by atoms with van der Waals surface area (Å²) in [5.41, 5.74) is 2.03. The zero-order valence-electron chi connectivity index (χ0n) is 21.3. The molecular weight excluding hydrogens is 572 g/mol. The molecule has 0 bridgehead atoms. The quantitative estimate of drug-likeness (QED) is 0.289. The molecule has 7 nitrogen and oxygen atoms in total. The minimum Gasteiger partial charge on any atom is -0.496 e. The standard InChI is InChI=1S/C32H23BrN2O5/c1-39-24-14-12-19(17-21(24)33)29(36)28-27(30(37)25-11-6-16-40-25)32(20-8-3-4-9-22(20)34-31(32)38)26-15-13-18-7-2-5-10-23(18)35(26)28/h2-17,26-28H,1H3,(H,34,38)/t26-,27-,28+,32+/m1/s1. The van der Waals surface area contributed by atoms with Gasteiger partial charge in [-0.3, -0.25) is 14.4 Å². The van der Waals surface area contributed by atoms with E-state index in [1.54, 1.807) is 37.4 Å². The van der Waals surface area contributed by atoms with Crippen molar-refractivity contribution in [3.63, 3.8) is 0 Å². The van der Waals surface area contributed by atoms with Gasteiger partial charge in [0.15, 0.2) is 11.5 Å². The molecule has 3 aromatic carbocycles. The van der Waals surface area contributed by atoms with Gasteiger partial charge in [-0.2, -0.15) is 0 Å². The van der Waals surface area contributed by atoms with E-state index in [1.807, 2.05) is 65.6 Å². The van der Waals surface area contributed by atoms with Crippen LogP contribution in [0.5, 0.6) is 5.75 Å². The molecule has 4 aromatic rings. The number of para-hydroxylation sites is 2. The zero-order valence-corrected chi connectivity index (χ0v) is 22.9. The number of ketones is 2. The van der Waals surface area contributed by atoms with Gasteiger partial charge in [0.1, 0.15) is 17.2 Å². The Morgan fingerprint density at radius 1 is 1.00 bits per heavy atom. The number of carbonyl (C=O) groups is 3. The van der Waals surface area contributed by atoms with Crippen molar-refractivity contribution in [1.29, 1.82) is 0 Å². The summed E-state index contributed by atoms with van der Waals surface area (Å²) in [5.74, 6) is -1.40. The molecular formula is C32H23BrN2O5. The molecule has 1 amide bonds. The van der Waals surface area contributed by atoms with Crippen LogP contribution in [-0.4, -0.2) is 36.7 Å². The lowest BCUT2D eigenvalue weighted by molar-refractivity contribution is -0.121. The molecule has 198 valence electrons. The Balaban J connectivity index is 1.52. The molecule has 3 aliphatic heterocycles. The summed E-state index contributed by atoms with van der Waals surface area (Å²) in [6, 6.07) is 21.8. The number of furan rings is 1. The third-order valence-electron chi connectivity index (χ3n) is 8.29. The van der Waals surface area contributed by atoms with E-state index in [9.17, 15) is 14.4 Å². The highest BCUT2D eigenvalue weighted by atomic mass is 79.9. The number of hydrogen-bond donors (Lipinski definition) is 1. The van der Waals surface area contributed by atoms with E-state index in [2.05, 4.69) is 21.2 Å². The van der Waals surface area contributed by atoms with Gasteiger partial charge in [0.25, 0.3) is 0 Å². The predicted molar refractivity (Wildman–Crippen MR) is 154 cm³/mol. The number of carbonyl (C=O) groups excluding carboxylic acids is 3. The van der Waals surface area contributed by atoms with Crippen molar-refractivity contribution in [3.05, 3.63) is 118 Å². The van der Waals surface area contributed by atoms with E-state index >= 15 is 0 Å². The second-order valence-corrected chi connectivity index (χ2v) is 11.0. The van der Waals surface area contributed by atoms with Gasteiger partial charge < -0.3 is 19.4 Å². The van der Waals surface area contributed by atoms with Gasteiger partial charge >= 0.3 is 0 Å². The minimum atomic E-state index is -1.38. The maximum absolute atomic E-state index is 14.7. The Morgan fingerprint density at radius 3 is 2.58 bits per heavy atom. The molecule has 4 atom stereocenters. The number of rotatable bonds is 5. The van der Waals surface area contributed by atoms with Crippen LogP contribution >= 0.6 is 15.9 Å². The van der Waals surface area contributed by atoms with Gasteiger partial charge in [-0.25, -0.2) is 0 Å². The van der Waals surface area contributed by atoms with Crippen molar-refractivity contribution in [3.8, 4) is 5.75 Å². The molecule has 4 heterocycles. The van der Waals surface area contributed by atoms with Crippen LogP contribution in [0, 0.1) is 5.92 Å². The number of amides is 1. The summed E-state index contributed by atoms with van der Waals surface area (Å²) in [5, 5.41) is 3.02. The summed E-state index contributed by atoms with van der Waals surface area (Å²) < 4.78 is 11.6. The molecule has 0 radical (unpaired) electrons. The predicted octanol–water partition coefficient (Wildman–Crippen LogP) is 5.91. The van der Waals surface area contributed by atoms with Gasteiger partial charge in [0, 0.05) is 16.9 Å². The second-order valence-electron chi connectivity index (χ2n) is 10.1. The lowest BCUT2D eigenvalue weighted by Crippen LogP contribution is -2.51. The fourth-order valence-electron chi connectivity index (χ4n) is 6.68. The van der Waals surface area contributed by atoms with Crippen LogP contribution < -0.4 is 15.0 Å². The van der Waals surface area contributed by atoms with E-state index in [4.69, 9.17) is 9.15 Å². The van der Waals surface area contributed by atoms with Crippen LogP contribution in [0.15, 0.2) is 100 Å². The number of halogens is 1. The Hall–Kier alpha value is -4.43. The molecule has 0 saturated carbocycles. The maximum atomic E-state index is 14.7. The van der Waals surface area contributed by atoms with Crippen molar-refractivity contribution < 1.29 is 23.5 Å². The van der Waals surface area contributed by atoms with Crippen LogP contribution in [-0.2, 0) is 10.2 Å². The molecule has 1 aromatic heterocycles. The number of fused-ring (bicyclic) bond motifs is 6. The molecule has 3 aliphatic rings. The fourth-order valence-corrected chi connectivity index (χ4v) is 7.22. The third-order valence-corrected chi connectivity index (χ3v) is 8.91. The highest BCUT2D eigenvalue weighted by Crippen LogP contribution is 2.58. The number of nitrogens with one attached hydrogen (secondary N) is 1. The fraction of sp³-hybridized carbons (Fsp3) is 0.156. The number of ether oxygens (including phenoxy) is 1. The van der Waals surface area contributed by atoms with Gasteiger partial charge in [-0.1, -0.05) is 48.6 Å². The van der Waals surface area contributed by atoms with Gasteiger partial charge in [-0.15, -0.1) is 0 Å². The first-order valence-corrected chi connectivity index (χ1v) is 13.7. The van der Waals surface area contributed by atoms with Crippen LogP contribution in [0.1, 0.15) is 32.0 Å². The molecule has 1 N–H and O–H groups in total. The molecule has 40 heavy (non-hydrogen) atoms. The molecule has 1 fully saturated rings. The molecule has 1 spiro atoms. The molecule has 0 aliphatic carbocycles. The first kappa shape index (κ1) is 24.6. The number of nitrogens with zero attached hydrogens (tertiary/aromatic N) is 1. The second kappa shape index (κ2) is 9.06. The van der Waals surface area contributed by atoms with E-state index in [1.165, 1.54) is 6.26 Å². The number of Topliss-reactive ketones (excluding diaryl/α,β-unsaturated/α-hetero) is 2. The largest absolute Gasteiger partial charge is 0.496 e. The van der Waals surface area contributed by atoms with E-state index in [0.717, 1.165) is 11.3 Å². The normalized spacial score (nSPS) is 23.9. The van der Waals surface area contributed by atoms with Crippen molar-refractivity contribution in [2.24, 2.45) is 5.92 Å². The highest BCUT2D eigenvalue weighted by Gasteiger charge is 2.70. The number of anilines is 2. The monoisotopic (exact) mass is 594 g/mol. The van der Waals surface area contributed by atoms with Crippen molar-refractivity contribution in [2.45, 2.75) is 17.5 Å². The van der Waals surface area contributed by atoms with Crippen LogP contribution in [0.3, 0.4) is 0 Å². The van der Waals surface area contributed by atoms with Crippen molar-refractivity contribution in [2.75, 3.05) is 17.3 Å². The summed E-state index contributed by atoms with van der Waals surface area (Å²) in [6.45, 7) is 0. The third kappa shape index (κ3) is 3.26. The summed E-state index contributed by atoms with van der Waals surface area (Å²) in [7, 11) is 1.55. The number of methoxy groups -OCH3 is 1. The average molecular weight is 595 g/mol. The average Bonchev–Trinajstić information content (AvgIpc) is 3.69. The van der Waals surface area contributed by atoms with Crippen molar-refractivity contribution in [1.82, 2.24) is 0 Å². The summed E-state index contributed by atoms with van der Waals surface area (Å²) in [4.78, 5) is 45.4. The zero-order chi connectivity index (χ0) is 27.6. The van der Waals surface area contributed by atoms with Crippen LogP contribution in [0.4, 0.5) is 11.4 Å². The molecule has 7 rings (SSSR count). The summed E-state index contributed by atoms with van der Waals surface area (Å²) >= 11 is 3.50. The maximum Gasteiger partial charge on any atom is 0.238 e. The Kier molecular flexibility index (Phi) is 5.57. The molecule has 1 saturated heterocycles. The van der Waals surface area contributed by atoms with Crippen molar-refractivity contribution >= 4 is 50.9 Å². The van der Waals surface area contributed by atoms with Crippen LogP contribution in [0.25, 0.3) is 6.08 Å². The lowest BCUT2D eigenvalue weighted by Gasteiger charge is -2.37. The Morgan fingerprint density at radius 2 is 1.80 bits per heavy atom. The number of benzene rings is 3. The highest BCUT2D eigenvalue weighted by molar-refractivity contribution is 9.10. The van der Waals surface area contributed by atoms with Gasteiger partial charge in [0.2, 0.25) is 11.7 Å². The van der Waals surface area contributed by atoms with E-state index in [0.29, 0.717) is 27.0 Å². The van der Waals surface area contributed by atoms with Gasteiger partial charge in [-0.05, 0) is 69.5 Å². The minimum absolute atomic E-state index is 0.104. The first-order valence-electron chi connectivity index (χ1n) is 12.9. The smallest absolute Gasteiger partial charge is 0.238 e. The van der Waals surface area contributed by atoms with E-state index in [-0.39, 0.29) is 17.5 Å². The SMILES string of the molecule is COc1ccc(C(=O)[C@@H]2[C@H](C(=O)c3ccco3)[C@@]3(C(=O)Nc4ccccc43)[C@H]3C=Cc4ccccc4N23)cc1Br. The Labute approximate surface area is 238 Å². The van der Waals surface area contributed by atoms with Crippen LogP contribution in [0.2, 0.25) is 0 Å².